The summed E-state index contributed by atoms with van der Waals surface area (Å²) in [5, 5.41) is 9.99. The smallest absolute Gasteiger partial charge is 0.0624 e. The molecular formula is C13H26N2O2. The van der Waals surface area contributed by atoms with E-state index in [1.807, 2.05) is 0 Å². The van der Waals surface area contributed by atoms with E-state index in [1.54, 1.807) is 0 Å². The minimum atomic E-state index is -0.170. The zero-order valence-electron chi connectivity index (χ0n) is 11.1. The topological polar surface area (TPSA) is 35.9 Å². The molecule has 2 heterocycles. The first kappa shape index (κ1) is 13.3. The molecule has 3 unspecified atom stereocenters. The van der Waals surface area contributed by atoms with Crippen LogP contribution in [-0.4, -0.2) is 73.5 Å². The number of likely N-dealkylation sites (N-methyl/N-ethyl adjacent to an activating group) is 1. The van der Waals surface area contributed by atoms with E-state index >= 15 is 0 Å². The molecule has 0 bridgehead atoms. The molecule has 0 aromatic carbocycles. The van der Waals surface area contributed by atoms with Gasteiger partial charge in [0.2, 0.25) is 0 Å². The Kier molecular flexibility index (Phi) is 4.79. The van der Waals surface area contributed by atoms with Crippen molar-refractivity contribution >= 4 is 0 Å². The molecule has 0 aromatic rings. The zero-order valence-corrected chi connectivity index (χ0v) is 11.1. The SMILES string of the molecule is CC1CN(C)CCCN1CC1COCCC1O. The monoisotopic (exact) mass is 242 g/mol. The molecule has 2 rings (SSSR count). The summed E-state index contributed by atoms with van der Waals surface area (Å²) in [5.74, 6) is 0.301. The average Bonchev–Trinajstić information content (AvgIpc) is 2.44. The van der Waals surface area contributed by atoms with Crippen LogP contribution in [0.5, 0.6) is 0 Å². The number of hydrogen-bond donors (Lipinski definition) is 1. The summed E-state index contributed by atoms with van der Waals surface area (Å²) < 4.78 is 5.48. The van der Waals surface area contributed by atoms with Gasteiger partial charge >= 0.3 is 0 Å². The third kappa shape index (κ3) is 3.65. The normalized spacial score (nSPS) is 37.9. The summed E-state index contributed by atoms with van der Waals surface area (Å²) in [5.41, 5.74) is 0. The van der Waals surface area contributed by atoms with E-state index in [0.717, 1.165) is 39.3 Å². The second-order valence-electron chi connectivity index (χ2n) is 5.65. The van der Waals surface area contributed by atoms with Crippen molar-refractivity contribution < 1.29 is 9.84 Å². The summed E-state index contributed by atoms with van der Waals surface area (Å²) in [6.07, 6.45) is 1.86. The molecular weight excluding hydrogens is 216 g/mol. The van der Waals surface area contributed by atoms with Crippen molar-refractivity contribution in [3.05, 3.63) is 0 Å². The number of aliphatic hydroxyl groups excluding tert-OH is 1. The number of nitrogens with zero attached hydrogens (tertiary/aromatic N) is 2. The molecule has 0 radical (unpaired) electrons. The van der Waals surface area contributed by atoms with Gasteiger partial charge < -0.3 is 14.7 Å². The molecule has 0 saturated carbocycles. The maximum atomic E-state index is 9.99. The second-order valence-corrected chi connectivity index (χ2v) is 5.65. The molecule has 3 atom stereocenters. The van der Waals surface area contributed by atoms with E-state index in [2.05, 4.69) is 23.8 Å². The van der Waals surface area contributed by atoms with Crippen molar-refractivity contribution in [2.45, 2.75) is 31.9 Å². The number of aliphatic hydroxyl groups is 1. The first-order valence-electron chi connectivity index (χ1n) is 6.85. The van der Waals surface area contributed by atoms with Gasteiger partial charge in [0.25, 0.3) is 0 Å². The van der Waals surface area contributed by atoms with Gasteiger partial charge in [0.15, 0.2) is 0 Å². The maximum absolute atomic E-state index is 9.99. The number of hydrogen-bond acceptors (Lipinski definition) is 4. The fourth-order valence-electron chi connectivity index (χ4n) is 2.95. The summed E-state index contributed by atoms with van der Waals surface area (Å²) in [6, 6.07) is 0.580. The molecule has 2 fully saturated rings. The highest BCUT2D eigenvalue weighted by Crippen LogP contribution is 2.18. The fraction of sp³-hybridized carbons (Fsp3) is 1.00. The lowest BCUT2D eigenvalue weighted by Gasteiger charge is -2.35. The molecule has 0 aliphatic carbocycles. The van der Waals surface area contributed by atoms with E-state index in [0.29, 0.717) is 12.0 Å². The summed E-state index contributed by atoms with van der Waals surface area (Å²) in [6.45, 7) is 8.17. The highest BCUT2D eigenvalue weighted by Gasteiger charge is 2.28. The van der Waals surface area contributed by atoms with Crippen LogP contribution in [-0.2, 0) is 4.74 Å². The Morgan fingerprint density at radius 2 is 2.18 bits per heavy atom. The molecule has 2 aliphatic rings. The molecule has 2 aliphatic heterocycles. The fourth-order valence-corrected chi connectivity index (χ4v) is 2.95. The number of rotatable bonds is 2. The van der Waals surface area contributed by atoms with Crippen molar-refractivity contribution in [3.63, 3.8) is 0 Å². The van der Waals surface area contributed by atoms with Crippen LogP contribution in [0.2, 0.25) is 0 Å². The average molecular weight is 242 g/mol. The van der Waals surface area contributed by atoms with Crippen LogP contribution >= 0.6 is 0 Å². The highest BCUT2D eigenvalue weighted by atomic mass is 16.5. The Labute approximate surface area is 105 Å². The standard InChI is InChI=1S/C13H26N2O2/c1-11-8-14(2)5-3-6-15(11)9-12-10-17-7-4-13(12)16/h11-13,16H,3-10H2,1-2H3. The number of ether oxygens (including phenoxy) is 1. The molecule has 2 saturated heterocycles. The molecule has 0 spiro atoms. The molecule has 4 nitrogen and oxygen atoms in total. The van der Waals surface area contributed by atoms with Gasteiger partial charge in [0.1, 0.15) is 0 Å². The van der Waals surface area contributed by atoms with Crippen LogP contribution in [0.1, 0.15) is 19.8 Å². The van der Waals surface area contributed by atoms with Crippen molar-refractivity contribution in [3.8, 4) is 0 Å². The van der Waals surface area contributed by atoms with Crippen LogP contribution < -0.4 is 0 Å². The minimum Gasteiger partial charge on any atom is -0.393 e. The van der Waals surface area contributed by atoms with E-state index in [-0.39, 0.29) is 6.10 Å². The predicted molar refractivity (Wildman–Crippen MR) is 68.1 cm³/mol. The maximum Gasteiger partial charge on any atom is 0.0624 e. The Bertz CT molecular complexity index is 237. The van der Waals surface area contributed by atoms with Gasteiger partial charge in [-0.1, -0.05) is 0 Å². The van der Waals surface area contributed by atoms with Crippen molar-refractivity contribution in [1.82, 2.24) is 9.80 Å². The molecule has 0 amide bonds. The van der Waals surface area contributed by atoms with Crippen molar-refractivity contribution in [1.29, 1.82) is 0 Å². The molecule has 0 aromatic heterocycles. The lowest BCUT2D eigenvalue weighted by atomic mass is 9.97. The summed E-state index contributed by atoms with van der Waals surface area (Å²) in [7, 11) is 2.19. The third-order valence-corrected chi connectivity index (χ3v) is 4.09. The lowest BCUT2D eigenvalue weighted by molar-refractivity contribution is -0.0495. The van der Waals surface area contributed by atoms with Gasteiger partial charge in [-0.15, -0.1) is 0 Å². The van der Waals surface area contributed by atoms with E-state index in [4.69, 9.17) is 4.74 Å². The van der Waals surface area contributed by atoms with Crippen LogP contribution in [0.25, 0.3) is 0 Å². The van der Waals surface area contributed by atoms with Crippen LogP contribution in [0.3, 0.4) is 0 Å². The van der Waals surface area contributed by atoms with Gasteiger partial charge in [-0.2, -0.15) is 0 Å². The lowest BCUT2D eigenvalue weighted by Crippen LogP contribution is -2.45. The van der Waals surface area contributed by atoms with Gasteiger partial charge in [0.05, 0.1) is 12.7 Å². The zero-order chi connectivity index (χ0) is 12.3. The van der Waals surface area contributed by atoms with Crippen molar-refractivity contribution in [2.24, 2.45) is 5.92 Å². The van der Waals surface area contributed by atoms with Crippen LogP contribution in [0, 0.1) is 5.92 Å². The molecule has 4 heteroatoms. The third-order valence-electron chi connectivity index (χ3n) is 4.09. The van der Waals surface area contributed by atoms with Gasteiger partial charge in [-0.3, -0.25) is 4.90 Å². The van der Waals surface area contributed by atoms with Gasteiger partial charge in [-0.05, 0) is 39.9 Å². The Morgan fingerprint density at radius 1 is 1.35 bits per heavy atom. The molecule has 17 heavy (non-hydrogen) atoms. The minimum absolute atomic E-state index is 0.170. The largest absolute Gasteiger partial charge is 0.393 e. The Morgan fingerprint density at radius 3 is 2.94 bits per heavy atom. The van der Waals surface area contributed by atoms with Crippen LogP contribution in [0.4, 0.5) is 0 Å². The molecule has 1 N–H and O–H groups in total. The van der Waals surface area contributed by atoms with E-state index < -0.39 is 0 Å². The first-order valence-corrected chi connectivity index (χ1v) is 6.85. The second kappa shape index (κ2) is 6.14. The summed E-state index contributed by atoms with van der Waals surface area (Å²) in [4.78, 5) is 4.92. The van der Waals surface area contributed by atoms with Crippen molar-refractivity contribution in [2.75, 3.05) is 46.4 Å². The summed E-state index contributed by atoms with van der Waals surface area (Å²) >= 11 is 0. The first-order chi connectivity index (χ1) is 8.16. The van der Waals surface area contributed by atoms with E-state index in [1.165, 1.54) is 13.0 Å². The Balaban J connectivity index is 1.87. The quantitative estimate of drug-likeness (QED) is 0.761. The van der Waals surface area contributed by atoms with Gasteiger partial charge in [0, 0.05) is 31.7 Å². The Hall–Kier alpha value is -0.160. The van der Waals surface area contributed by atoms with Gasteiger partial charge in [-0.25, -0.2) is 0 Å². The van der Waals surface area contributed by atoms with E-state index in [9.17, 15) is 5.11 Å². The molecule has 100 valence electrons. The predicted octanol–water partition coefficient (Wildman–Crippen LogP) is 0.410. The highest BCUT2D eigenvalue weighted by molar-refractivity contribution is 4.81. The van der Waals surface area contributed by atoms with Crippen LogP contribution in [0.15, 0.2) is 0 Å².